The summed E-state index contributed by atoms with van der Waals surface area (Å²) in [6.07, 6.45) is 6.14. The quantitative estimate of drug-likeness (QED) is 0.831. The topological polar surface area (TPSA) is 78.9 Å². The number of aromatic nitrogens is 3. The number of fused-ring (bicyclic) bond motifs is 1. The van der Waals surface area contributed by atoms with Gasteiger partial charge >= 0.3 is 5.97 Å². The van der Waals surface area contributed by atoms with E-state index in [1.54, 1.807) is 12.4 Å². The molecule has 2 heterocycles. The third kappa shape index (κ3) is 1.67. The normalized spacial score (nSPS) is 16.7. The third-order valence-electron chi connectivity index (χ3n) is 3.39. The van der Waals surface area contributed by atoms with Crippen LogP contribution in [0.5, 0.6) is 0 Å². The van der Waals surface area contributed by atoms with Gasteiger partial charge in [-0.1, -0.05) is 12.8 Å². The Kier molecular flexibility index (Phi) is 2.31. The van der Waals surface area contributed by atoms with Gasteiger partial charge in [0.05, 0.1) is 17.5 Å². The van der Waals surface area contributed by atoms with Crippen LogP contribution in [0.25, 0.3) is 11.0 Å². The van der Waals surface area contributed by atoms with Gasteiger partial charge < -0.3 is 10.1 Å². The predicted octanol–water partition coefficient (Wildman–Crippen LogP) is 2.31. The van der Waals surface area contributed by atoms with E-state index in [-0.39, 0.29) is 5.69 Å². The molecule has 0 unspecified atom stereocenters. The average Bonchev–Trinajstić information content (AvgIpc) is 2.98. The van der Waals surface area contributed by atoms with Gasteiger partial charge in [0.2, 0.25) is 0 Å². The highest BCUT2D eigenvalue weighted by Crippen LogP contribution is 2.35. The Balaban J connectivity index is 2.19. The molecule has 1 aliphatic rings. The number of carboxylic acid groups (broad SMARTS) is 1. The number of carboxylic acids is 1. The molecule has 0 atom stereocenters. The summed E-state index contributed by atoms with van der Waals surface area (Å²) in [6.45, 7) is 0. The molecule has 2 N–H and O–H groups in total. The Labute approximate surface area is 97.9 Å². The van der Waals surface area contributed by atoms with Crippen LogP contribution in [-0.2, 0) is 0 Å². The molecular formula is C12H13N3O2. The summed E-state index contributed by atoms with van der Waals surface area (Å²) in [6, 6.07) is 1.54. The lowest BCUT2D eigenvalue weighted by Crippen LogP contribution is -2.06. The second kappa shape index (κ2) is 3.84. The van der Waals surface area contributed by atoms with E-state index >= 15 is 0 Å². The summed E-state index contributed by atoms with van der Waals surface area (Å²) in [5.41, 5.74) is 2.53. The molecule has 0 saturated heterocycles. The van der Waals surface area contributed by atoms with E-state index in [2.05, 4.69) is 15.0 Å². The van der Waals surface area contributed by atoms with Crippen molar-refractivity contribution in [3.05, 3.63) is 23.8 Å². The lowest BCUT2D eigenvalue weighted by molar-refractivity contribution is 0.0690. The van der Waals surface area contributed by atoms with Gasteiger partial charge in [-0.25, -0.2) is 14.8 Å². The molecule has 0 bridgehead atoms. The summed E-state index contributed by atoms with van der Waals surface area (Å²) in [7, 11) is 0. The van der Waals surface area contributed by atoms with Crippen LogP contribution in [0.15, 0.2) is 12.4 Å². The summed E-state index contributed by atoms with van der Waals surface area (Å²) >= 11 is 0. The Bertz CT molecular complexity index is 570. The van der Waals surface area contributed by atoms with E-state index in [4.69, 9.17) is 5.11 Å². The first-order chi connectivity index (χ1) is 8.25. The van der Waals surface area contributed by atoms with Gasteiger partial charge in [0.15, 0.2) is 5.69 Å². The van der Waals surface area contributed by atoms with E-state index in [1.165, 1.54) is 12.8 Å². The molecular weight excluding hydrogens is 218 g/mol. The van der Waals surface area contributed by atoms with Gasteiger partial charge in [0, 0.05) is 5.92 Å². The van der Waals surface area contributed by atoms with E-state index < -0.39 is 5.97 Å². The first-order valence-corrected chi connectivity index (χ1v) is 5.83. The van der Waals surface area contributed by atoms with Gasteiger partial charge in [-0.15, -0.1) is 0 Å². The summed E-state index contributed by atoms with van der Waals surface area (Å²) in [4.78, 5) is 22.5. The molecule has 5 heteroatoms. The molecule has 1 saturated carbocycles. The molecule has 1 fully saturated rings. The number of hydrogen-bond acceptors (Lipinski definition) is 3. The van der Waals surface area contributed by atoms with Crippen molar-refractivity contribution in [1.29, 1.82) is 0 Å². The molecule has 0 spiro atoms. The minimum absolute atomic E-state index is 0.101. The molecule has 0 amide bonds. The summed E-state index contributed by atoms with van der Waals surface area (Å²) in [5.74, 6) is -0.624. The van der Waals surface area contributed by atoms with Crippen LogP contribution in [0.1, 0.15) is 47.8 Å². The maximum atomic E-state index is 11.0. The molecule has 0 aromatic carbocycles. The van der Waals surface area contributed by atoms with Crippen molar-refractivity contribution in [3.8, 4) is 0 Å². The number of H-pyrrole nitrogens is 1. The fourth-order valence-electron chi connectivity index (χ4n) is 2.56. The minimum atomic E-state index is -0.985. The van der Waals surface area contributed by atoms with Crippen molar-refractivity contribution in [1.82, 2.24) is 15.0 Å². The molecule has 0 aliphatic heterocycles. The van der Waals surface area contributed by atoms with Crippen LogP contribution < -0.4 is 0 Å². The van der Waals surface area contributed by atoms with E-state index in [0.717, 1.165) is 29.6 Å². The summed E-state index contributed by atoms with van der Waals surface area (Å²) < 4.78 is 0. The number of imidazole rings is 1. The van der Waals surface area contributed by atoms with Gasteiger partial charge in [-0.05, 0) is 18.9 Å². The fraction of sp³-hybridized carbons (Fsp3) is 0.417. The molecule has 5 nitrogen and oxygen atoms in total. The highest BCUT2D eigenvalue weighted by atomic mass is 16.4. The lowest BCUT2D eigenvalue weighted by Gasteiger charge is -2.09. The highest BCUT2D eigenvalue weighted by Gasteiger charge is 2.23. The zero-order chi connectivity index (χ0) is 11.8. The van der Waals surface area contributed by atoms with Gasteiger partial charge in [0.25, 0.3) is 0 Å². The van der Waals surface area contributed by atoms with Crippen molar-refractivity contribution in [2.45, 2.75) is 31.6 Å². The third-order valence-corrected chi connectivity index (χ3v) is 3.39. The van der Waals surface area contributed by atoms with Crippen LogP contribution in [0.3, 0.4) is 0 Å². The first kappa shape index (κ1) is 10.3. The largest absolute Gasteiger partial charge is 0.477 e. The number of pyridine rings is 1. The summed E-state index contributed by atoms with van der Waals surface area (Å²) in [5, 5.41) is 9.05. The van der Waals surface area contributed by atoms with Crippen LogP contribution in [0, 0.1) is 0 Å². The van der Waals surface area contributed by atoms with Crippen LogP contribution in [0.4, 0.5) is 0 Å². The molecule has 88 valence electrons. The van der Waals surface area contributed by atoms with E-state index in [9.17, 15) is 4.79 Å². The number of hydrogen-bond donors (Lipinski definition) is 2. The van der Waals surface area contributed by atoms with Gasteiger partial charge in [-0.3, -0.25) is 0 Å². The van der Waals surface area contributed by atoms with Gasteiger partial charge in [0.1, 0.15) is 5.52 Å². The first-order valence-electron chi connectivity index (χ1n) is 5.83. The SMILES string of the molecule is O=C(O)c1cc2[nH]cnc2c(C2CCCC2)n1. The molecule has 3 rings (SSSR count). The van der Waals surface area contributed by atoms with Gasteiger partial charge in [-0.2, -0.15) is 0 Å². The number of rotatable bonds is 2. The van der Waals surface area contributed by atoms with E-state index in [0.29, 0.717) is 5.92 Å². The highest BCUT2D eigenvalue weighted by molar-refractivity contribution is 5.90. The van der Waals surface area contributed by atoms with Crippen molar-refractivity contribution < 1.29 is 9.90 Å². The Hall–Kier alpha value is -1.91. The predicted molar refractivity (Wildman–Crippen MR) is 62.1 cm³/mol. The number of aromatic carboxylic acids is 1. The van der Waals surface area contributed by atoms with Crippen molar-refractivity contribution in [3.63, 3.8) is 0 Å². The fourth-order valence-corrected chi connectivity index (χ4v) is 2.56. The average molecular weight is 231 g/mol. The number of nitrogens with one attached hydrogen (secondary N) is 1. The standard InChI is InChI=1S/C12H13N3O2/c16-12(17)9-5-8-11(14-6-13-8)10(15-9)7-3-1-2-4-7/h5-7H,1-4H2,(H,13,14)(H,16,17). The van der Waals surface area contributed by atoms with Crippen molar-refractivity contribution in [2.24, 2.45) is 0 Å². The van der Waals surface area contributed by atoms with Crippen LogP contribution in [0.2, 0.25) is 0 Å². The number of carbonyl (C=O) groups is 1. The molecule has 2 aromatic heterocycles. The zero-order valence-electron chi connectivity index (χ0n) is 9.31. The smallest absolute Gasteiger partial charge is 0.354 e. The molecule has 17 heavy (non-hydrogen) atoms. The molecule has 0 radical (unpaired) electrons. The number of aromatic amines is 1. The van der Waals surface area contributed by atoms with Crippen LogP contribution in [-0.4, -0.2) is 26.0 Å². The molecule has 2 aromatic rings. The molecule has 1 aliphatic carbocycles. The monoisotopic (exact) mass is 231 g/mol. The Morgan fingerprint density at radius 1 is 1.41 bits per heavy atom. The second-order valence-electron chi connectivity index (χ2n) is 4.48. The minimum Gasteiger partial charge on any atom is -0.477 e. The van der Waals surface area contributed by atoms with Crippen molar-refractivity contribution >= 4 is 17.0 Å². The van der Waals surface area contributed by atoms with E-state index in [1.807, 2.05) is 0 Å². The maximum absolute atomic E-state index is 11.0. The second-order valence-corrected chi connectivity index (χ2v) is 4.48. The Morgan fingerprint density at radius 2 is 2.18 bits per heavy atom. The van der Waals surface area contributed by atoms with Crippen LogP contribution >= 0.6 is 0 Å². The maximum Gasteiger partial charge on any atom is 0.354 e. The lowest BCUT2D eigenvalue weighted by atomic mass is 10.0. The Morgan fingerprint density at radius 3 is 2.88 bits per heavy atom. The number of nitrogens with zero attached hydrogens (tertiary/aromatic N) is 2. The van der Waals surface area contributed by atoms with Crippen molar-refractivity contribution in [2.75, 3.05) is 0 Å². The zero-order valence-corrected chi connectivity index (χ0v) is 9.31.